The van der Waals surface area contributed by atoms with Crippen LogP contribution in [0.5, 0.6) is 0 Å². The molecule has 1 aliphatic heterocycles. The summed E-state index contributed by atoms with van der Waals surface area (Å²) < 4.78 is 29.9. The molecule has 0 radical (unpaired) electrons. The molecule has 2 aromatic heterocycles. The lowest BCUT2D eigenvalue weighted by molar-refractivity contribution is -0.132. The zero-order valence-electron chi connectivity index (χ0n) is 16.6. The predicted molar refractivity (Wildman–Crippen MR) is 121 cm³/mol. The molecule has 0 aliphatic carbocycles. The van der Waals surface area contributed by atoms with Crippen LogP contribution in [0.2, 0.25) is 5.02 Å². The van der Waals surface area contributed by atoms with Crippen LogP contribution >= 0.6 is 22.9 Å². The minimum atomic E-state index is -3.88. The van der Waals surface area contributed by atoms with Crippen molar-refractivity contribution in [1.29, 1.82) is 0 Å². The largest absolute Gasteiger partial charge is 0.343 e. The minimum Gasteiger partial charge on any atom is -0.343 e. The van der Waals surface area contributed by atoms with Gasteiger partial charge in [-0.15, -0.1) is 0 Å². The van der Waals surface area contributed by atoms with Gasteiger partial charge in [-0.1, -0.05) is 22.9 Å². The maximum absolute atomic E-state index is 12.7. The summed E-state index contributed by atoms with van der Waals surface area (Å²) in [5.41, 5.74) is 0.616. The lowest BCUT2D eigenvalue weighted by Crippen LogP contribution is -2.36. The molecular weight excluding hydrogens is 460 g/mol. The van der Waals surface area contributed by atoms with Gasteiger partial charge in [0, 0.05) is 32.3 Å². The van der Waals surface area contributed by atoms with Gasteiger partial charge in [-0.2, -0.15) is 0 Å². The zero-order valence-corrected chi connectivity index (χ0v) is 19.0. The van der Waals surface area contributed by atoms with E-state index in [-0.39, 0.29) is 34.5 Å². The summed E-state index contributed by atoms with van der Waals surface area (Å²) in [5.74, 6) is 0.191. The van der Waals surface area contributed by atoms with Gasteiger partial charge in [0.1, 0.15) is 5.82 Å². The number of benzene rings is 1. The predicted octanol–water partition coefficient (Wildman–Crippen LogP) is 3.31. The van der Waals surface area contributed by atoms with E-state index in [1.165, 1.54) is 35.0 Å². The first kappa shape index (κ1) is 21.8. The molecule has 0 spiro atoms. The summed E-state index contributed by atoms with van der Waals surface area (Å²) in [7, 11) is -3.88. The van der Waals surface area contributed by atoms with Crippen molar-refractivity contribution in [3.05, 3.63) is 51.2 Å². The maximum Gasteiger partial charge on any atom is 0.308 e. The van der Waals surface area contributed by atoms with Crippen molar-refractivity contribution in [3.63, 3.8) is 0 Å². The number of nitrogens with one attached hydrogen (secondary N) is 1. The standard InChI is InChI=1S/C20H21ClN4O4S2/c21-14-4-7-18(22-13-14)23-31(28,29)15-5-6-16-17(12-15)30-20(27)25(16)11-8-19(26)24-9-2-1-3-10-24/h4-7,12-13H,1-3,8-11H2,(H,22,23). The van der Waals surface area contributed by atoms with Crippen LogP contribution in [0.15, 0.2) is 46.2 Å². The first-order valence-electron chi connectivity index (χ1n) is 9.89. The van der Waals surface area contributed by atoms with Crippen LogP contribution in [0, 0.1) is 0 Å². The molecule has 3 heterocycles. The number of carbonyl (C=O) groups excluding carboxylic acids is 1. The lowest BCUT2D eigenvalue weighted by Gasteiger charge is -2.26. The highest BCUT2D eigenvalue weighted by Crippen LogP contribution is 2.24. The fourth-order valence-corrected chi connectivity index (χ4v) is 5.74. The Hall–Kier alpha value is -2.43. The summed E-state index contributed by atoms with van der Waals surface area (Å²) >= 11 is 6.74. The van der Waals surface area contributed by atoms with Gasteiger partial charge in [0.15, 0.2) is 0 Å². The molecule has 3 aromatic rings. The number of carbonyl (C=O) groups is 1. The fraction of sp³-hybridized carbons (Fsp3) is 0.350. The highest BCUT2D eigenvalue weighted by molar-refractivity contribution is 7.92. The molecule has 1 amide bonds. The number of halogens is 1. The van der Waals surface area contributed by atoms with Gasteiger partial charge in [-0.3, -0.25) is 18.9 Å². The summed E-state index contributed by atoms with van der Waals surface area (Å²) in [6, 6.07) is 7.50. The molecule has 31 heavy (non-hydrogen) atoms. The molecule has 1 fully saturated rings. The molecule has 0 saturated carbocycles. The van der Waals surface area contributed by atoms with Crippen LogP contribution in [-0.4, -0.2) is 41.9 Å². The number of pyridine rings is 1. The van der Waals surface area contributed by atoms with Crippen LogP contribution in [0.1, 0.15) is 25.7 Å². The Bertz CT molecular complexity index is 1260. The summed E-state index contributed by atoms with van der Waals surface area (Å²) in [5, 5.41) is 0.397. The Balaban J connectivity index is 1.53. The molecule has 0 atom stereocenters. The van der Waals surface area contributed by atoms with Crippen molar-refractivity contribution >= 4 is 54.9 Å². The highest BCUT2D eigenvalue weighted by Gasteiger charge is 2.20. The topological polar surface area (TPSA) is 101 Å². The van der Waals surface area contributed by atoms with E-state index >= 15 is 0 Å². The Kier molecular flexibility index (Phi) is 6.31. The number of hydrogen-bond donors (Lipinski definition) is 1. The second-order valence-electron chi connectivity index (χ2n) is 7.31. The normalized spacial score (nSPS) is 14.7. The number of likely N-dealkylation sites (tertiary alicyclic amines) is 1. The maximum atomic E-state index is 12.7. The molecule has 0 bridgehead atoms. The second kappa shape index (κ2) is 8.97. The third-order valence-corrected chi connectivity index (χ3v) is 7.69. The third-order valence-electron chi connectivity index (χ3n) is 5.17. The molecule has 1 N–H and O–H groups in total. The van der Waals surface area contributed by atoms with Crippen molar-refractivity contribution < 1.29 is 13.2 Å². The molecule has 8 nitrogen and oxygen atoms in total. The Morgan fingerprint density at radius 1 is 1.16 bits per heavy atom. The van der Waals surface area contributed by atoms with Crippen LogP contribution in [0.25, 0.3) is 10.2 Å². The number of rotatable bonds is 6. The van der Waals surface area contributed by atoms with Gasteiger partial charge in [0.25, 0.3) is 10.0 Å². The second-order valence-corrected chi connectivity index (χ2v) is 10.4. The van der Waals surface area contributed by atoms with Gasteiger partial charge in [0.2, 0.25) is 5.91 Å². The third kappa shape index (κ3) is 4.91. The van der Waals surface area contributed by atoms with Crippen LogP contribution in [0.3, 0.4) is 0 Å². The van der Waals surface area contributed by atoms with Gasteiger partial charge in [-0.25, -0.2) is 13.4 Å². The molecule has 0 unspecified atom stereocenters. The number of anilines is 1. The quantitative estimate of drug-likeness (QED) is 0.583. The molecular formula is C20H21ClN4O4S2. The number of fused-ring (bicyclic) bond motifs is 1. The smallest absolute Gasteiger partial charge is 0.308 e. The number of thiazole rings is 1. The molecule has 11 heteroatoms. The fourth-order valence-electron chi connectivity index (χ4n) is 3.57. The van der Waals surface area contributed by atoms with E-state index in [9.17, 15) is 18.0 Å². The summed E-state index contributed by atoms with van der Waals surface area (Å²) in [6.07, 6.45) is 4.77. The van der Waals surface area contributed by atoms with Crippen molar-refractivity contribution in [1.82, 2.24) is 14.5 Å². The van der Waals surface area contributed by atoms with E-state index in [0.717, 1.165) is 43.7 Å². The zero-order chi connectivity index (χ0) is 22.0. The van der Waals surface area contributed by atoms with E-state index in [1.807, 2.05) is 4.90 Å². The van der Waals surface area contributed by atoms with Crippen molar-refractivity contribution in [2.24, 2.45) is 0 Å². The van der Waals surface area contributed by atoms with Gasteiger partial charge in [0.05, 0.1) is 20.1 Å². The summed E-state index contributed by atoms with van der Waals surface area (Å²) in [4.78, 5) is 30.5. The van der Waals surface area contributed by atoms with Crippen molar-refractivity contribution in [2.75, 3.05) is 17.8 Å². The number of nitrogens with zero attached hydrogens (tertiary/aromatic N) is 3. The summed E-state index contributed by atoms with van der Waals surface area (Å²) in [6.45, 7) is 1.82. The van der Waals surface area contributed by atoms with Crippen LogP contribution < -0.4 is 9.60 Å². The van der Waals surface area contributed by atoms with Crippen LogP contribution in [-0.2, 0) is 21.4 Å². The van der Waals surface area contributed by atoms with E-state index in [4.69, 9.17) is 11.6 Å². The van der Waals surface area contributed by atoms with E-state index < -0.39 is 10.0 Å². The number of aromatic nitrogens is 2. The minimum absolute atomic E-state index is 0.0227. The molecule has 1 aliphatic rings. The first-order valence-corrected chi connectivity index (χ1v) is 12.6. The first-order chi connectivity index (χ1) is 14.8. The Morgan fingerprint density at radius 3 is 2.65 bits per heavy atom. The number of hydrogen-bond acceptors (Lipinski definition) is 6. The number of aryl methyl sites for hydroxylation is 1. The SMILES string of the molecule is O=C(CCn1c(=O)sc2cc(S(=O)(=O)Nc3ccc(Cl)cn3)ccc21)N1CCCCC1. The number of piperidine rings is 1. The average molecular weight is 481 g/mol. The highest BCUT2D eigenvalue weighted by atomic mass is 35.5. The molecule has 1 saturated heterocycles. The van der Waals surface area contributed by atoms with E-state index in [1.54, 1.807) is 6.07 Å². The molecule has 164 valence electrons. The van der Waals surface area contributed by atoms with Gasteiger partial charge >= 0.3 is 4.87 Å². The lowest BCUT2D eigenvalue weighted by atomic mass is 10.1. The average Bonchev–Trinajstić information content (AvgIpc) is 3.08. The monoisotopic (exact) mass is 480 g/mol. The van der Waals surface area contributed by atoms with E-state index in [2.05, 4.69) is 9.71 Å². The van der Waals surface area contributed by atoms with Crippen molar-refractivity contribution in [3.8, 4) is 0 Å². The Morgan fingerprint density at radius 2 is 1.94 bits per heavy atom. The number of sulfonamides is 1. The van der Waals surface area contributed by atoms with Gasteiger partial charge < -0.3 is 4.90 Å². The van der Waals surface area contributed by atoms with E-state index in [0.29, 0.717) is 15.2 Å². The Labute approximate surface area is 188 Å². The van der Waals surface area contributed by atoms with Crippen molar-refractivity contribution in [2.45, 2.75) is 37.1 Å². The number of amides is 1. The molecule has 1 aromatic carbocycles. The van der Waals surface area contributed by atoms with Crippen LogP contribution in [0.4, 0.5) is 5.82 Å². The van der Waals surface area contributed by atoms with Gasteiger partial charge in [-0.05, 0) is 49.6 Å². The molecule has 4 rings (SSSR count).